The predicted octanol–water partition coefficient (Wildman–Crippen LogP) is 4.49. The van der Waals surface area contributed by atoms with Crippen LogP contribution in [0.1, 0.15) is 18.1 Å². The molecule has 0 aliphatic heterocycles. The van der Waals surface area contributed by atoms with E-state index < -0.39 is 22.5 Å². The van der Waals surface area contributed by atoms with Gasteiger partial charge in [-0.2, -0.15) is 5.10 Å². The zero-order valence-corrected chi connectivity index (χ0v) is 19.5. The van der Waals surface area contributed by atoms with Crippen LogP contribution < -0.4 is 9.73 Å². The highest BCUT2D eigenvalue weighted by Gasteiger charge is 2.27. The third-order valence-corrected chi connectivity index (χ3v) is 6.87. The summed E-state index contributed by atoms with van der Waals surface area (Å²) in [6.07, 6.45) is 0. The number of rotatable bonds is 7. The summed E-state index contributed by atoms with van der Waals surface area (Å²) in [5.74, 6) is -0.547. The lowest BCUT2D eigenvalue weighted by Crippen LogP contribution is -2.39. The molecule has 31 heavy (non-hydrogen) atoms. The van der Waals surface area contributed by atoms with Crippen LogP contribution in [0, 0.1) is 6.92 Å². The van der Waals surface area contributed by atoms with E-state index >= 15 is 0 Å². The molecular formula is C23H22BrN3O3S. The predicted molar refractivity (Wildman–Crippen MR) is 127 cm³/mol. The average molecular weight is 500 g/mol. The number of hydrogen-bond acceptors (Lipinski definition) is 4. The first kappa shape index (κ1) is 22.7. The lowest BCUT2D eigenvalue weighted by atomic mass is 10.1. The van der Waals surface area contributed by atoms with Crippen LogP contribution in [0.15, 0.2) is 93.3 Å². The summed E-state index contributed by atoms with van der Waals surface area (Å²) in [7, 11) is -3.96. The van der Waals surface area contributed by atoms with E-state index in [4.69, 9.17) is 0 Å². The Hall–Kier alpha value is -2.97. The molecule has 0 aliphatic rings. The number of anilines is 1. The average Bonchev–Trinajstić information content (AvgIpc) is 2.77. The Labute approximate surface area is 190 Å². The molecule has 0 atom stereocenters. The highest BCUT2D eigenvalue weighted by atomic mass is 79.9. The van der Waals surface area contributed by atoms with Gasteiger partial charge >= 0.3 is 0 Å². The van der Waals surface area contributed by atoms with Gasteiger partial charge in [-0.1, -0.05) is 64.0 Å². The summed E-state index contributed by atoms with van der Waals surface area (Å²) < 4.78 is 28.5. The van der Waals surface area contributed by atoms with Crippen molar-refractivity contribution in [3.05, 3.63) is 94.5 Å². The van der Waals surface area contributed by atoms with E-state index in [9.17, 15) is 13.2 Å². The molecule has 0 heterocycles. The molecule has 3 aromatic carbocycles. The minimum absolute atomic E-state index is 0.109. The lowest BCUT2D eigenvalue weighted by molar-refractivity contribution is -0.119. The van der Waals surface area contributed by atoms with Gasteiger partial charge in [-0.3, -0.25) is 9.10 Å². The highest BCUT2D eigenvalue weighted by molar-refractivity contribution is 9.10. The maximum atomic E-state index is 13.3. The molecule has 0 unspecified atom stereocenters. The van der Waals surface area contributed by atoms with Crippen molar-refractivity contribution in [3.63, 3.8) is 0 Å². The molecule has 6 nitrogen and oxygen atoms in total. The molecule has 1 amide bonds. The maximum absolute atomic E-state index is 13.3. The SMILES string of the molecule is C/C(=N/NC(=O)CN(c1ccc(Br)cc1)S(=O)(=O)c1ccc(C)cc1)c1ccccc1. The van der Waals surface area contributed by atoms with Crippen LogP contribution in [0.3, 0.4) is 0 Å². The molecule has 0 radical (unpaired) electrons. The number of nitrogens with zero attached hydrogens (tertiary/aromatic N) is 2. The Bertz CT molecular complexity index is 1180. The molecule has 0 bridgehead atoms. The van der Waals surface area contributed by atoms with E-state index in [0.29, 0.717) is 11.4 Å². The second-order valence-electron chi connectivity index (χ2n) is 6.90. The lowest BCUT2D eigenvalue weighted by Gasteiger charge is -2.24. The van der Waals surface area contributed by atoms with Gasteiger partial charge in [0, 0.05) is 4.47 Å². The Morgan fingerprint density at radius 2 is 1.58 bits per heavy atom. The Morgan fingerprint density at radius 3 is 2.19 bits per heavy atom. The van der Waals surface area contributed by atoms with Crippen molar-refractivity contribution < 1.29 is 13.2 Å². The van der Waals surface area contributed by atoms with E-state index in [-0.39, 0.29) is 4.90 Å². The fourth-order valence-corrected chi connectivity index (χ4v) is 4.50. The number of halogens is 1. The Morgan fingerprint density at radius 1 is 0.968 bits per heavy atom. The third kappa shape index (κ3) is 5.80. The van der Waals surface area contributed by atoms with Gasteiger partial charge in [-0.05, 0) is 55.8 Å². The summed E-state index contributed by atoms with van der Waals surface area (Å²) in [4.78, 5) is 12.7. The van der Waals surface area contributed by atoms with Crippen LogP contribution in [0.2, 0.25) is 0 Å². The van der Waals surface area contributed by atoms with Gasteiger partial charge in [0.05, 0.1) is 16.3 Å². The molecule has 0 aliphatic carbocycles. The minimum atomic E-state index is -3.96. The standard InChI is InChI=1S/C23H22BrN3O3S/c1-17-8-14-22(15-9-17)31(29,30)27(21-12-10-20(24)11-13-21)16-23(28)26-25-18(2)19-6-4-3-5-7-19/h3-15H,16H2,1-2H3,(H,26,28)/b25-18-. The second-order valence-corrected chi connectivity index (χ2v) is 9.68. The van der Waals surface area contributed by atoms with Crippen LogP contribution in [0.4, 0.5) is 5.69 Å². The van der Waals surface area contributed by atoms with Crippen molar-refractivity contribution >= 4 is 43.3 Å². The number of hydrazone groups is 1. The van der Waals surface area contributed by atoms with Crippen molar-refractivity contribution in [2.45, 2.75) is 18.7 Å². The van der Waals surface area contributed by atoms with Crippen LogP contribution in [0.5, 0.6) is 0 Å². The number of nitrogens with one attached hydrogen (secondary N) is 1. The Kier molecular flexibility index (Phi) is 7.25. The molecule has 0 saturated heterocycles. The van der Waals surface area contributed by atoms with Gasteiger partial charge in [0.2, 0.25) is 0 Å². The zero-order valence-electron chi connectivity index (χ0n) is 17.1. The number of aryl methyl sites for hydroxylation is 1. The molecule has 160 valence electrons. The highest BCUT2D eigenvalue weighted by Crippen LogP contribution is 2.25. The smallest absolute Gasteiger partial charge is 0.264 e. The van der Waals surface area contributed by atoms with Gasteiger partial charge < -0.3 is 0 Å². The van der Waals surface area contributed by atoms with E-state index in [2.05, 4.69) is 26.5 Å². The summed E-state index contributed by atoms with van der Waals surface area (Å²) in [6.45, 7) is 3.23. The second kappa shape index (κ2) is 9.89. The molecule has 0 aromatic heterocycles. The van der Waals surface area contributed by atoms with Crippen LogP contribution in [-0.4, -0.2) is 26.6 Å². The first-order valence-corrected chi connectivity index (χ1v) is 11.7. The summed E-state index contributed by atoms with van der Waals surface area (Å²) in [6, 6.07) is 22.6. The van der Waals surface area contributed by atoms with Crippen LogP contribution in [-0.2, 0) is 14.8 Å². The molecular weight excluding hydrogens is 478 g/mol. The minimum Gasteiger partial charge on any atom is -0.271 e. The molecule has 8 heteroatoms. The van der Waals surface area contributed by atoms with E-state index in [1.165, 1.54) is 12.1 Å². The van der Waals surface area contributed by atoms with Crippen molar-refractivity contribution in [1.29, 1.82) is 0 Å². The quantitative estimate of drug-likeness (QED) is 0.384. The number of carbonyl (C=O) groups is 1. The summed E-state index contributed by atoms with van der Waals surface area (Å²) in [5.41, 5.74) is 5.26. The fourth-order valence-electron chi connectivity index (χ4n) is 2.82. The molecule has 0 spiro atoms. The summed E-state index contributed by atoms with van der Waals surface area (Å²) in [5, 5.41) is 4.11. The van der Waals surface area contributed by atoms with Crippen LogP contribution >= 0.6 is 15.9 Å². The van der Waals surface area contributed by atoms with Crippen molar-refractivity contribution in [2.75, 3.05) is 10.8 Å². The van der Waals surface area contributed by atoms with Crippen molar-refractivity contribution in [1.82, 2.24) is 5.43 Å². The monoisotopic (exact) mass is 499 g/mol. The number of benzene rings is 3. The molecule has 3 aromatic rings. The normalized spacial score (nSPS) is 11.8. The number of sulfonamides is 1. The van der Waals surface area contributed by atoms with Gasteiger partial charge in [0.25, 0.3) is 15.9 Å². The van der Waals surface area contributed by atoms with Gasteiger partial charge in [0.15, 0.2) is 0 Å². The Balaban J connectivity index is 1.87. The zero-order chi connectivity index (χ0) is 22.4. The molecule has 3 rings (SSSR count). The van der Waals surface area contributed by atoms with Gasteiger partial charge in [-0.15, -0.1) is 0 Å². The third-order valence-electron chi connectivity index (χ3n) is 4.55. The first-order valence-electron chi connectivity index (χ1n) is 9.51. The fraction of sp³-hybridized carbons (Fsp3) is 0.130. The van der Waals surface area contributed by atoms with Crippen molar-refractivity contribution in [2.24, 2.45) is 5.10 Å². The van der Waals surface area contributed by atoms with Crippen molar-refractivity contribution in [3.8, 4) is 0 Å². The molecule has 0 saturated carbocycles. The van der Waals surface area contributed by atoms with Gasteiger partial charge in [-0.25, -0.2) is 13.8 Å². The number of amides is 1. The maximum Gasteiger partial charge on any atom is 0.264 e. The van der Waals surface area contributed by atoms with E-state index in [1.54, 1.807) is 43.3 Å². The van der Waals surface area contributed by atoms with Crippen LogP contribution in [0.25, 0.3) is 0 Å². The number of hydrogen-bond donors (Lipinski definition) is 1. The number of carbonyl (C=O) groups excluding carboxylic acids is 1. The van der Waals surface area contributed by atoms with E-state index in [0.717, 1.165) is 19.9 Å². The van der Waals surface area contributed by atoms with Gasteiger partial charge in [0.1, 0.15) is 6.54 Å². The molecule has 0 fully saturated rings. The summed E-state index contributed by atoms with van der Waals surface area (Å²) >= 11 is 3.35. The topological polar surface area (TPSA) is 78.8 Å². The largest absolute Gasteiger partial charge is 0.271 e. The van der Waals surface area contributed by atoms with E-state index in [1.807, 2.05) is 37.3 Å². The first-order chi connectivity index (χ1) is 14.8. The molecule has 1 N–H and O–H groups in total.